The van der Waals surface area contributed by atoms with Crippen molar-refractivity contribution in [3.05, 3.63) is 72.3 Å². The van der Waals surface area contributed by atoms with Gasteiger partial charge >= 0.3 is 5.97 Å². The van der Waals surface area contributed by atoms with Gasteiger partial charge in [0, 0.05) is 19.5 Å². The zero-order valence-electron chi connectivity index (χ0n) is 15.2. The predicted molar refractivity (Wildman–Crippen MR) is 101 cm³/mol. The zero-order valence-corrected chi connectivity index (χ0v) is 16.0. The van der Waals surface area contributed by atoms with E-state index in [1.54, 1.807) is 36.0 Å². The third-order valence-electron chi connectivity index (χ3n) is 4.19. The van der Waals surface area contributed by atoms with E-state index in [1.165, 1.54) is 19.2 Å². The van der Waals surface area contributed by atoms with Gasteiger partial charge in [0.25, 0.3) is 10.0 Å². The molecule has 1 aromatic heterocycles. The maximum atomic E-state index is 12.7. The molecule has 27 heavy (non-hydrogen) atoms. The second kappa shape index (κ2) is 6.88. The molecule has 3 rings (SSSR count). The Balaban J connectivity index is 1.83. The van der Waals surface area contributed by atoms with Crippen molar-refractivity contribution in [2.45, 2.75) is 11.8 Å². The van der Waals surface area contributed by atoms with Crippen LogP contribution >= 0.6 is 0 Å². The lowest BCUT2D eigenvalue weighted by Crippen LogP contribution is -2.28. The van der Waals surface area contributed by atoms with E-state index in [-0.39, 0.29) is 16.5 Å². The minimum absolute atomic E-state index is 0.0797. The Morgan fingerprint density at radius 1 is 1.15 bits per heavy atom. The molecule has 0 radical (unpaired) electrons. The van der Waals surface area contributed by atoms with E-state index in [4.69, 9.17) is 4.74 Å². The molecule has 0 bridgehead atoms. The maximum absolute atomic E-state index is 12.7. The van der Waals surface area contributed by atoms with E-state index in [1.807, 2.05) is 19.1 Å². The topological polar surface area (TPSA) is 81.5 Å². The summed E-state index contributed by atoms with van der Waals surface area (Å²) in [6.07, 6.45) is 0. The van der Waals surface area contributed by atoms with Crippen molar-refractivity contribution in [2.75, 3.05) is 7.05 Å². The highest BCUT2D eigenvalue weighted by Gasteiger charge is 2.26. The number of hydrogen-bond acceptors (Lipinski definition) is 5. The fraction of sp³-hybridized carbons (Fsp3) is 0.158. The van der Waals surface area contributed by atoms with Crippen molar-refractivity contribution in [3.63, 3.8) is 0 Å². The van der Waals surface area contributed by atoms with Crippen molar-refractivity contribution in [1.29, 1.82) is 0 Å². The van der Waals surface area contributed by atoms with Gasteiger partial charge < -0.3 is 4.74 Å². The number of carbonyl (C=O) groups excluding carboxylic acids is 1. The van der Waals surface area contributed by atoms with E-state index < -0.39 is 16.0 Å². The van der Waals surface area contributed by atoms with Crippen LogP contribution in [0.5, 0.6) is 0 Å². The third kappa shape index (κ3) is 3.43. The molecular weight excluding hydrogens is 366 g/mol. The SMILES string of the molecule is C=C(OC(=O)c1nn(C)c2ccccc12)N(C)S(=O)(=O)c1ccc(C)cc1. The number of esters is 1. The van der Waals surface area contributed by atoms with Crippen molar-refractivity contribution < 1.29 is 17.9 Å². The Hall–Kier alpha value is -3.13. The standard InChI is InChI=1S/C19H19N3O4S/c1-13-9-11-15(12-10-13)27(24,25)22(4)14(2)26-19(23)18-16-7-5-6-8-17(16)21(3)20-18/h5-12H,2H2,1,3-4H3. The number of aromatic nitrogens is 2. The van der Waals surface area contributed by atoms with Gasteiger partial charge in [0.2, 0.25) is 5.88 Å². The number of ether oxygens (including phenoxy) is 1. The Bertz CT molecular complexity index is 1130. The molecule has 1 heterocycles. The summed E-state index contributed by atoms with van der Waals surface area (Å²) in [5.41, 5.74) is 1.79. The highest BCUT2D eigenvalue weighted by Crippen LogP contribution is 2.22. The Morgan fingerprint density at radius 3 is 2.44 bits per heavy atom. The second-order valence-electron chi connectivity index (χ2n) is 6.06. The number of rotatable bonds is 5. The predicted octanol–water partition coefficient (Wildman–Crippen LogP) is 2.83. The van der Waals surface area contributed by atoms with Crippen LogP contribution in [0.25, 0.3) is 10.9 Å². The van der Waals surface area contributed by atoms with Crippen molar-refractivity contribution in [3.8, 4) is 0 Å². The van der Waals surface area contributed by atoms with Gasteiger partial charge in [0.15, 0.2) is 5.69 Å². The molecule has 0 unspecified atom stereocenters. The van der Waals surface area contributed by atoms with E-state index in [0.29, 0.717) is 5.39 Å². The third-order valence-corrected chi connectivity index (χ3v) is 5.98. The van der Waals surface area contributed by atoms with Crippen LogP contribution in [-0.4, -0.2) is 35.5 Å². The second-order valence-corrected chi connectivity index (χ2v) is 8.03. The summed E-state index contributed by atoms with van der Waals surface area (Å²) in [6, 6.07) is 13.5. The normalized spacial score (nSPS) is 11.4. The van der Waals surface area contributed by atoms with E-state index >= 15 is 0 Å². The van der Waals surface area contributed by atoms with Gasteiger partial charge in [0.1, 0.15) is 0 Å². The van der Waals surface area contributed by atoms with E-state index in [9.17, 15) is 13.2 Å². The highest BCUT2D eigenvalue weighted by atomic mass is 32.2. The van der Waals surface area contributed by atoms with Gasteiger partial charge in [-0.05, 0) is 31.7 Å². The summed E-state index contributed by atoms with van der Waals surface area (Å²) in [5.74, 6) is -1.09. The van der Waals surface area contributed by atoms with Crippen LogP contribution < -0.4 is 0 Å². The van der Waals surface area contributed by atoms with Crippen LogP contribution in [0, 0.1) is 6.92 Å². The van der Waals surface area contributed by atoms with Gasteiger partial charge in [-0.25, -0.2) is 17.5 Å². The van der Waals surface area contributed by atoms with Crippen molar-refractivity contribution in [2.24, 2.45) is 7.05 Å². The first kappa shape index (κ1) is 18.7. The summed E-state index contributed by atoms with van der Waals surface area (Å²) in [7, 11) is -0.900. The molecule has 0 saturated heterocycles. The lowest BCUT2D eigenvalue weighted by molar-refractivity contribution is 0.0566. The van der Waals surface area contributed by atoms with Gasteiger partial charge in [0.05, 0.1) is 10.4 Å². The molecule has 140 valence electrons. The summed E-state index contributed by atoms with van der Waals surface area (Å²) < 4.78 is 32.9. The van der Waals surface area contributed by atoms with Gasteiger partial charge in [-0.2, -0.15) is 5.10 Å². The van der Waals surface area contributed by atoms with Crippen LogP contribution in [0.1, 0.15) is 16.1 Å². The van der Waals surface area contributed by atoms with Crippen LogP contribution in [0.2, 0.25) is 0 Å². The van der Waals surface area contributed by atoms with Crippen LogP contribution in [-0.2, 0) is 21.8 Å². The summed E-state index contributed by atoms with van der Waals surface area (Å²) in [5, 5.41) is 4.78. The first-order chi connectivity index (χ1) is 12.7. The monoisotopic (exact) mass is 385 g/mol. The fourth-order valence-electron chi connectivity index (χ4n) is 2.59. The number of para-hydroxylation sites is 1. The molecule has 8 heteroatoms. The summed E-state index contributed by atoms with van der Waals surface area (Å²) >= 11 is 0. The molecule has 0 aliphatic heterocycles. The molecule has 0 atom stereocenters. The Kier molecular flexibility index (Phi) is 4.75. The first-order valence-corrected chi connectivity index (χ1v) is 9.54. The number of aryl methyl sites for hydroxylation is 2. The first-order valence-electron chi connectivity index (χ1n) is 8.10. The fourth-order valence-corrected chi connectivity index (χ4v) is 3.69. The molecule has 0 N–H and O–H groups in total. The summed E-state index contributed by atoms with van der Waals surface area (Å²) in [4.78, 5) is 12.6. The Labute approximate surface area is 157 Å². The van der Waals surface area contributed by atoms with Gasteiger partial charge in [-0.1, -0.05) is 35.9 Å². The van der Waals surface area contributed by atoms with Crippen molar-refractivity contribution >= 4 is 26.9 Å². The molecule has 0 aliphatic rings. The zero-order chi connectivity index (χ0) is 19.8. The van der Waals surface area contributed by atoms with E-state index in [0.717, 1.165) is 15.4 Å². The minimum Gasteiger partial charge on any atom is -0.404 e. The molecule has 0 saturated carbocycles. The molecular formula is C19H19N3O4S. The quantitative estimate of drug-likeness (QED) is 0.498. The van der Waals surface area contributed by atoms with E-state index in [2.05, 4.69) is 11.7 Å². The average Bonchev–Trinajstić information content (AvgIpc) is 2.98. The minimum atomic E-state index is -3.89. The number of hydrogen-bond donors (Lipinski definition) is 0. The van der Waals surface area contributed by atoms with Gasteiger partial charge in [-0.15, -0.1) is 0 Å². The highest BCUT2D eigenvalue weighted by molar-refractivity contribution is 7.89. The number of carbonyl (C=O) groups is 1. The number of nitrogens with zero attached hydrogens (tertiary/aromatic N) is 3. The van der Waals surface area contributed by atoms with Crippen LogP contribution in [0.4, 0.5) is 0 Å². The molecule has 0 fully saturated rings. The smallest absolute Gasteiger partial charge is 0.366 e. The number of benzene rings is 2. The largest absolute Gasteiger partial charge is 0.404 e. The molecule has 7 nitrogen and oxygen atoms in total. The molecule has 0 amide bonds. The number of sulfonamides is 1. The lowest BCUT2D eigenvalue weighted by atomic mass is 10.2. The molecule has 2 aromatic carbocycles. The van der Waals surface area contributed by atoms with Crippen molar-refractivity contribution in [1.82, 2.24) is 14.1 Å². The van der Waals surface area contributed by atoms with Gasteiger partial charge in [-0.3, -0.25) is 4.68 Å². The maximum Gasteiger partial charge on any atom is 0.366 e. The van der Waals surface area contributed by atoms with Crippen LogP contribution in [0.3, 0.4) is 0 Å². The molecule has 3 aromatic rings. The number of fused-ring (bicyclic) bond motifs is 1. The molecule has 0 spiro atoms. The average molecular weight is 385 g/mol. The van der Waals surface area contributed by atoms with Crippen LogP contribution in [0.15, 0.2) is 65.9 Å². The summed E-state index contributed by atoms with van der Waals surface area (Å²) in [6.45, 7) is 5.44. The lowest BCUT2D eigenvalue weighted by Gasteiger charge is -2.20. The Morgan fingerprint density at radius 2 is 1.78 bits per heavy atom. The molecule has 0 aliphatic carbocycles.